The number of carbonyl (C=O) groups excluding carboxylic acids is 2. The minimum atomic E-state index is -0.380. The third-order valence-corrected chi connectivity index (χ3v) is 5.27. The Morgan fingerprint density at radius 3 is 2.57 bits per heavy atom. The van der Waals surface area contributed by atoms with E-state index < -0.39 is 0 Å². The largest absolute Gasteiger partial charge is 0.496 e. The van der Waals surface area contributed by atoms with Crippen molar-refractivity contribution in [1.82, 2.24) is 4.90 Å². The third-order valence-electron chi connectivity index (χ3n) is 4.86. The Balaban J connectivity index is 2.00. The fraction of sp³-hybridized carbons (Fsp3) is 0.304. The molecule has 7 heteroatoms. The molecule has 0 unspecified atom stereocenters. The zero-order valence-corrected chi connectivity index (χ0v) is 18.1. The van der Waals surface area contributed by atoms with E-state index in [0.717, 1.165) is 5.56 Å². The monoisotopic (exact) mass is 428 g/mol. The Hall–Kier alpha value is -2.83. The lowest BCUT2D eigenvalue weighted by atomic mass is 10.0. The van der Waals surface area contributed by atoms with Gasteiger partial charge in [0.05, 0.1) is 12.7 Å². The number of nitrogens with zero attached hydrogens (tertiary/aromatic N) is 1. The minimum Gasteiger partial charge on any atom is -0.496 e. The Bertz CT molecular complexity index is 987. The summed E-state index contributed by atoms with van der Waals surface area (Å²) in [7, 11) is 1.54. The molecule has 2 aromatic carbocycles. The second-order valence-corrected chi connectivity index (χ2v) is 7.26. The molecule has 0 aromatic heterocycles. The van der Waals surface area contributed by atoms with Crippen LogP contribution in [0.2, 0.25) is 5.02 Å². The first-order valence-electron chi connectivity index (χ1n) is 9.82. The average Bonchev–Trinajstić information content (AvgIpc) is 2.97. The lowest BCUT2D eigenvalue weighted by molar-refractivity contribution is -0.137. The Morgan fingerprint density at radius 1 is 1.10 bits per heavy atom. The van der Waals surface area contributed by atoms with Crippen molar-refractivity contribution in [3.63, 3.8) is 0 Å². The van der Waals surface area contributed by atoms with Gasteiger partial charge in [0.1, 0.15) is 11.4 Å². The lowest BCUT2D eigenvalue weighted by Crippen LogP contribution is -2.34. The number of benzene rings is 2. The zero-order chi connectivity index (χ0) is 21.7. The predicted octanol–water partition coefficient (Wildman–Crippen LogP) is 4.28. The number of aryl methyl sites for hydroxylation is 1. The lowest BCUT2D eigenvalue weighted by Gasteiger charge is -2.15. The third kappa shape index (κ3) is 4.50. The molecule has 0 aliphatic carbocycles. The molecule has 30 heavy (non-hydrogen) atoms. The highest BCUT2D eigenvalue weighted by molar-refractivity contribution is 6.37. The van der Waals surface area contributed by atoms with E-state index in [2.05, 4.69) is 5.32 Å². The summed E-state index contributed by atoms with van der Waals surface area (Å²) in [5, 5.41) is 3.69. The van der Waals surface area contributed by atoms with E-state index in [9.17, 15) is 9.59 Å². The van der Waals surface area contributed by atoms with E-state index in [1.165, 1.54) is 12.0 Å². The van der Waals surface area contributed by atoms with Gasteiger partial charge in [-0.15, -0.1) is 0 Å². The van der Waals surface area contributed by atoms with E-state index in [4.69, 9.17) is 21.1 Å². The molecule has 0 atom stereocenters. The average molecular weight is 429 g/mol. The second kappa shape index (κ2) is 9.78. The topological polar surface area (TPSA) is 67.9 Å². The van der Waals surface area contributed by atoms with Gasteiger partial charge in [-0.05, 0) is 44.0 Å². The van der Waals surface area contributed by atoms with Crippen LogP contribution in [0, 0.1) is 6.92 Å². The van der Waals surface area contributed by atoms with Gasteiger partial charge in [-0.3, -0.25) is 14.5 Å². The SMILES string of the molecule is CCOCCCN1C(=O)C(Nc2ccc(C)c(Cl)c2)=C(c2ccccc2OC)C1=O. The molecule has 2 amide bonds. The molecule has 1 aliphatic heterocycles. The fourth-order valence-corrected chi connectivity index (χ4v) is 3.46. The molecule has 0 radical (unpaired) electrons. The minimum absolute atomic E-state index is 0.209. The van der Waals surface area contributed by atoms with Crippen LogP contribution in [-0.4, -0.2) is 43.6 Å². The number of ether oxygens (including phenoxy) is 2. The standard InChI is InChI=1S/C23H25ClN2O4/c1-4-30-13-7-12-26-22(27)20(17-8-5-6-9-19(17)29-3)21(23(26)28)25-16-11-10-15(2)18(24)14-16/h5-6,8-11,14,25H,4,7,12-13H2,1-3H3. The maximum absolute atomic E-state index is 13.3. The normalized spacial score (nSPS) is 13.9. The molecule has 1 aliphatic rings. The van der Waals surface area contributed by atoms with Crippen molar-refractivity contribution >= 4 is 34.7 Å². The van der Waals surface area contributed by atoms with Crippen LogP contribution >= 0.6 is 11.6 Å². The number of hydrogen-bond acceptors (Lipinski definition) is 5. The number of hydrogen-bond donors (Lipinski definition) is 1. The molecule has 1 heterocycles. The molecule has 0 bridgehead atoms. The summed E-state index contributed by atoms with van der Waals surface area (Å²) in [6.45, 7) is 5.15. The quantitative estimate of drug-likeness (QED) is 0.477. The van der Waals surface area contributed by atoms with Crippen LogP contribution in [0.25, 0.3) is 5.57 Å². The van der Waals surface area contributed by atoms with Crippen LogP contribution < -0.4 is 10.1 Å². The van der Waals surface area contributed by atoms with Gasteiger partial charge in [-0.2, -0.15) is 0 Å². The summed E-state index contributed by atoms with van der Waals surface area (Å²) in [6.07, 6.45) is 0.564. The number of nitrogens with one attached hydrogen (secondary N) is 1. The van der Waals surface area contributed by atoms with Crippen molar-refractivity contribution in [2.75, 3.05) is 32.2 Å². The molecule has 2 aromatic rings. The van der Waals surface area contributed by atoms with Gasteiger partial charge in [-0.1, -0.05) is 35.9 Å². The summed E-state index contributed by atoms with van der Waals surface area (Å²) in [4.78, 5) is 27.7. The first-order chi connectivity index (χ1) is 14.5. The Kier molecular flexibility index (Phi) is 7.13. The van der Waals surface area contributed by atoms with Gasteiger partial charge < -0.3 is 14.8 Å². The molecule has 158 valence electrons. The van der Waals surface area contributed by atoms with Gasteiger partial charge in [0.15, 0.2) is 0 Å². The van der Waals surface area contributed by atoms with Crippen molar-refractivity contribution in [3.05, 3.63) is 64.3 Å². The number of para-hydroxylation sites is 1. The van der Waals surface area contributed by atoms with Crippen LogP contribution in [0.1, 0.15) is 24.5 Å². The number of rotatable bonds is 9. The van der Waals surface area contributed by atoms with Gasteiger partial charge in [-0.25, -0.2) is 0 Å². The first kappa shape index (κ1) is 21.9. The van der Waals surface area contributed by atoms with E-state index in [0.29, 0.717) is 41.7 Å². The van der Waals surface area contributed by atoms with Gasteiger partial charge in [0.2, 0.25) is 0 Å². The van der Waals surface area contributed by atoms with Crippen molar-refractivity contribution in [2.24, 2.45) is 0 Å². The van der Waals surface area contributed by atoms with E-state index in [-0.39, 0.29) is 29.6 Å². The first-order valence-corrected chi connectivity index (χ1v) is 10.2. The van der Waals surface area contributed by atoms with Crippen LogP contribution in [0.15, 0.2) is 48.2 Å². The summed E-state index contributed by atoms with van der Waals surface area (Å²) in [5.41, 5.74) is 2.61. The van der Waals surface area contributed by atoms with Crippen LogP contribution in [0.4, 0.5) is 5.69 Å². The van der Waals surface area contributed by atoms with Crippen LogP contribution in [0.5, 0.6) is 5.75 Å². The van der Waals surface area contributed by atoms with E-state index in [1.54, 1.807) is 24.3 Å². The highest BCUT2D eigenvalue weighted by atomic mass is 35.5. The second-order valence-electron chi connectivity index (χ2n) is 6.85. The van der Waals surface area contributed by atoms with Crippen molar-refractivity contribution < 1.29 is 19.1 Å². The van der Waals surface area contributed by atoms with E-state index in [1.807, 2.05) is 32.0 Å². The Morgan fingerprint density at radius 2 is 1.87 bits per heavy atom. The van der Waals surface area contributed by atoms with Crippen molar-refractivity contribution in [2.45, 2.75) is 20.3 Å². The van der Waals surface area contributed by atoms with E-state index >= 15 is 0 Å². The van der Waals surface area contributed by atoms with Gasteiger partial charge in [0.25, 0.3) is 11.8 Å². The maximum Gasteiger partial charge on any atom is 0.278 e. The molecule has 1 N–H and O–H groups in total. The molecule has 6 nitrogen and oxygen atoms in total. The maximum atomic E-state index is 13.3. The number of amides is 2. The smallest absolute Gasteiger partial charge is 0.278 e. The molecule has 0 saturated carbocycles. The number of anilines is 1. The van der Waals surface area contributed by atoms with Crippen LogP contribution in [-0.2, 0) is 14.3 Å². The zero-order valence-electron chi connectivity index (χ0n) is 17.3. The highest BCUT2D eigenvalue weighted by Gasteiger charge is 2.39. The summed E-state index contributed by atoms with van der Waals surface area (Å²) >= 11 is 6.24. The number of halogens is 1. The van der Waals surface area contributed by atoms with Gasteiger partial charge in [0, 0.05) is 36.0 Å². The summed E-state index contributed by atoms with van der Waals surface area (Å²) in [6, 6.07) is 12.6. The van der Waals surface area contributed by atoms with Gasteiger partial charge >= 0.3 is 0 Å². The summed E-state index contributed by atoms with van der Waals surface area (Å²) < 4.78 is 10.8. The number of methoxy groups -OCH3 is 1. The molecular weight excluding hydrogens is 404 g/mol. The number of imide groups is 1. The summed E-state index contributed by atoms with van der Waals surface area (Å²) in [5.74, 6) is -0.220. The van der Waals surface area contributed by atoms with Crippen molar-refractivity contribution in [3.8, 4) is 5.75 Å². The van der Waals surface area contributed by atoms with Crippen LogP contribution in [0.3, 0.4) is 0 Å². The Labute approximate surface area is 181 Å². The number of carbonyl (C=O) groups is 2. The molecular formula is C23H25ClN2O4. The highest BCUT2D eigenvalue weighted by Crippen LogP contribution is 2.35. The molecule has 0 fully saturated rings. The van der Waals surface area contributed by atoms with Crippen molar-refractivity contribution in [1.29, 1.82) is 0 Å². The predicted molar refractivity (Wildman–Crippen MR) is 118 cm³/mol. The molecule has 0 saturated heterocycles. The molecule has 3 rings (SSSR count). The fourth-order valence-electron chi connectivity index (χ4n) is 3.28. The molecule has 0 spiro atoms.